The first kappa shape index (κ1) is 43.5. The zero-order valence-electron chi connectivity index (χ0n) is 33.2. The van der Waals surface area contributed by atoms with Crippen LogP contribution in [0.3, 0.4) is 0 Å². The number of benzene rings is 1. The molecule has 1 saturated heterocycles. The van der Waals surface area contributed by atoms with Crippen LogP contribution in [0.2, 0.25) is 0 Å². The first-order valence-electron chi connectivity index (χ1n) is 19.4. The Hall–Kier alpha value is -5.25. The van der Waals surface area contributed by atoms with Gasteiger partial charge in [0.05, 0.1) is 24.2 Å². The molecule has 16 nitrogen and oxygen atoms in total. The lowest BCUT2D eigenvalue weighted by molar-refractivity contribution is -0.143. The minimum absolute atomic E-state index is 0.0728. The van der Waals surface area contributed by atoms with Gasteiger partial charge in [0.25, 0.3) is 11.8 Å². The fourth-order valence-electron chi connectivity index (χ4n) is 7.16. The molecule has 1 aromatic heterocycles. The summed E-state index contributed by atoms with van der Waals surface area (Å²) in [5.41, 5.74) is -0.198. The van der Waals surface area contributed by atoms with Crippen molar-refractivity contribution in [2.45, 2.75) is 103 Å². The van der Waals surface area contributed by atoms with Gasteiger partial charge in [0, 0.05) is 39.6 Å². The van der Waals surface area contributed by atoms with Gasteiger partial charge in [-0.05, 0) is 36.2 Å². The number of Topliss-reactive ketones (excluding diaryl/α,β-unsaturated/α-hetero) is 1. The lowest BCUT2D eigenvalue weighted by Gasteiger charge is -2.35. The lowest BCUT2D eigenvalue weighted by atomic mass is 9.82. The molecule has 56 heavy (non-hydrogen) atoms. The number of ketones is 1. The molecule has 0 unspecified atom stereocenters. The maximum absolute atomic E-state index is 14.0. The molecule has 6 atom stereocenters. The molecule has 1 aliphatic carbocycles. The summed E-state index contributed by atoms with van der Waals surface area (Å²) in [4.78, 5) is 104. The predicted octanol–water partition coefficient (Wildman–Crippen LogP) is 1.19. The van der Waals surface area contributed by atoms with Crippen LogP contribution >= 0.6 is 0 Å². The monoisotopic (exact) mass is 775 g/mol. The van der Waals surface area contributed by atoms with Crippen LogP contribution in [0.15, 0.2) is 48.9 Å². The molecule has 2 aromatic rings. The molecule has 0 spiro atoms. The number of aromatic nitrogens is 2. The zero-order valence-corrected chi connectivity index (χ0v) is 33.2. The Balaban J connectivity index is 1.45. The fraction of sp³-hybridized carbons (Fsp3) is 0.575. The molecule has 2 aliphatic rings. The highest BCUT2D eigenvalue weighted by Crippen LogP contribution is 2.28. The Kier molecular flexibility index (Phi) is 15.6. The number of likely N-dealkylation sites (N-methyl/N-ethyl adjacent to an activating group) is 1. The molecule has 1 saturated carbocycles. The van der Waals surface area contributed by atoms with Gasteiger partial charge in [0.15, 0.2) is 0 Å². The van der Waals surface area contributed by atoms with Gasteiger partial charge >= 0.3 is 0 Å². The maximum atomic E-state index is 14.0. The van der Waals surface area contributed by atoms with E-state index in [4.69, 9.17) is 0 Å². The number of rotatable bonds is 16. The van der Waals surface area contributed by atoms with Crippen molar-refractivity contribution in [1.29, 1.82) is 0 Å². The van der Waals surface area contributed by atoms with Crippen molar-refractivity contribution in [3.8, 4) is 0 Å². The summed E-state index contributed by atoms with van der Waals surface area (Å²) in [5.74, 6) is -5.37. The largest absolute Gasteiger partial charge is 0.349 e. The van der Waals surface area contributed by atoms with E-state index in [1.807, 2.05) is 27.7 Å². The quantitative estimate of drug-likeness (QED) is 0.134. The second-order valence-corrected chi connectivity index (χ2v) is 15.9. The average molecular weight is 776 g/mol. The molecule has 304 valence electrons. The van der Waals surface area contributed by atoms with E-state index < -0.39 is 82.8 Å². The van der Waals surface area contributed by atoms with Gasteiger partial charge in [0.1, 0.15) is 23.8 Å². The van der Waals surface area contributed by atoms with Crippen LogP contribution in [0.25, 0.3) is 0 Å². The van der Waals surface area contributed by atoms with E-state index in [-0.39, 0.29) is 31.1 Å². The summed E-state index contributed by atoms with van der Waals surface area (Å²) >= 11 is 0. The van der Waals surface area contributed by atoms with Crippen LogP contribution < -0.4 is 31.9 Å². The smallest absolute Gasteiger partial charge is 0.290 e. The van der Waals surface area contributed by atoms with E-state index in [1.54, 1.807) is 44.4 Å². The minimum atomic E-state index is -1.18. The average Bonchev–Trinajstić information content (AvgIpc) is 3.65. The molecule has 0 bridgehead atoms. The standard InChI is InChI=1S/C40H57N9O7/c1-7-14-27(32(50)37(54)47-31(39(56)49(5)6)25-17-12-9-13-18-25)44-34(51)26-21-42-22-28(26)45-38(55)33(40(2,3)4)48-36(53)30(24-15-10-8-11-16-24)46-35(52)29-23-41-19-20-43-29/h9,12-13,17-20,23-24,26-28,30-31,33,42H,7-8,10-11,14-16,21-22H2,1-6H3,(H,44,51)(H,45,55)(H,46,52)(H,47,54)(H,48,53)/t26-,27+,28-,30+,31-,33-/m1/s1. The molecule has 1 aromatic carbocycles. The van der Waals surface area contributed by atoms with Crippen molar-refractivity contribution in [3.05, 3.63) is 60.2 Å². The van der Waals surface area contributed by atoms with Crippen molar-refractivity contribution in [1.82, 2.24) is 46.8 Å². The summed E-state index contributed by atoms with van der Waals surface area (Å²) in [5, 5.41) is 17.1. The summed E-state index contributed by atoms with van der Waals surface area (Å²) in [7, 11) is 3.09. The topological polar surface area (TPSA) is 221 Å². The molecular weight excluding hydrogens is 718 g/mol. The van der Waals surface area contributed by atoms with Crippen molar-refractivity contribution in [3.63, 3.8) is 0 Å². The van der Waals surface area contributed by atoms with E-state index in [2.05, 4.69) is 41.9 Å². The van der Waals surface area contributed by atoms with Crippen LogP contribution in [-0.2, 0) is 28.8 Å². The Morgan fingerprint density at radius 2 is 1.57 bits per heavy atom. The van der Waals surface area contributed by atoms with E-state index in [9.17, 15) is 33.6 Å². The number of amides is 6. The highest BCUT2D eigenvalue weighted by molar-refractivity contribution is 6.38. The second kappa shape index (κ2) is 20.1. The molecule has 6 N–H and O–H groups in total. The number of nitrogens with one attached hydrogen (secondary N) is 6. The van der Waals surface area contributed by atoms with Crippen LogP contribution in [0.1, 0.15) is 94.7 Å². The Morgan fingerprint density at radius 1 is 0.875 bits per heavy atom. The van der Waals surface area contributed by atoms with Gasteiger partial charge in [-0.2, -0.15) is 0 Å². The SMILES string of the molecule is CCC[C@H](NC(=O)[C@@H]1CNC[C@H]1NC(=O)[C@@H](NC(=O)[C@@H](NC(=O)c1cnccn1)C1CCCCC1)C(C)(C)C)C(=O)C(=O)N[C@@H](C(=O)N(C)C)c1ccccc1. The summed E-state index contributed by atoms with van der Waals surface area (Å²) in [6.45, 7) is 7.67. The highest BCUT2D eigenvalue weighted by atomic mass is 16.2. The van der Waals surface area contributed by atoms with Gasteiger partial charge < -0.3 is 36.8 Å². The number of hydrogen-bond acceptors (Lipinski definition) is 10. The van der Waals surface area contributed by atoms with Gasteiger partial charge in [-0.25, -0.2) is 4.98 Å². The predicted molar refractivity (Wildman–Crippen MR) is 207 cm³/mol. The van der Waals surface area contributed by atoms with Crippen LogP contribution in [0.5, 0.6) is 0 Å². The van der Waals surface area contributed by atoms with E-state index >= 15 is 0 Å². The van der Waals surface area contributed by atoms with Crippen LogP contribution in [0.4, 0.5) is 0 Å². The van der Waals surface area contributed by atoms with Gasteiger partial charge in [-0.1, -0.05) is 83.7 Å². The third-order valence-corrected chi connectivity index (χ3v) is 10.3. The molecule has 6 amide bonds. The van der Waals surface area contributed by atoms with Crippen molar-refractivity contribution < 1.29 is 33.6 Å². The Bertz CT molecular complexity index is 1690. The summed E-state index contributed by atoms with van der Waals surface area (Å²) < 4.78 is 0. The number of nitrogens with zero attached hydrogens (tertiary/aromatic N) is 3. The van der Waals surface area contributed by atoms with Crippen molar-refractivity contribution in [2.24, 2.45) is 17.3 Å². The summed E-state index contributed by atoms with van der Waals surface area (Å²) in [6.07, 6.45) is 9.14. The van der Waals surface area contributed by atoms with Crippen molar-refractivity contribution in [2.75, 3.05) is 27.2 Å². The van der Waals surface area contributed by atoms with Gasteiger partial charge in [0.2, 0.25) is 29.4 Å². The highest BCUT2D eigenvalue weighted by Gasteiger charge is 2.42. The fourth-order valence-corrected chi connectivity index (χ4v) is 7.16. The van der Waals surface area contributed by atoms with Gasteiger partial charge in [-0.3, -0.25) is 38.5 Å². The Morgan fingerprint density at radius 3 is 2.18 bits per heavy atom. The maximum Gasteiger partial charge on any atom is 0.290 e. The third kappa shape index (κ3) is 11.6. The Labute approximate surface area is 328 Å². The normalized spacial score (nSPS) is 19.3. The van der Waals surface area contributed by atoms with Crippen LogP contribution in [-0.4, -0.2) is 107 Å². The van der Waals surface area contributed by atoms with E-state index in [1.165, 1.54) is 23.5 Å². The third-order valence-electron chi connectivity index (χ3n) is 10.3. The first-order chi connectivity index (χ1) is 26.6. The molecule has 2 fully saturated rings. The van der Waals surface area contributed by atoms with Crippen LogP contribution in [0, 0.1) is 17.3 Å². The first-order valence-corrected chi connectivity index (χ1v) is 19.4. The number of carbonyl (C=O) groups is 7. The second-order valence-electron chi connectivity index (χ2n) is 15.9. The van der Waals surface area contributed by atoms with E-state index in [0.717, 1.165) is 32.1 Å². The van der Waals surface area contributed by atoms with E-state index in [0.29, 0.717) is 12.0 Å². The molecule has 1 aliphatic heterocycles. The summed E-state index contributed by atoms with van der Waals surface area (Å²) in [6, 6.07) is 3.61. The molecule has 16 heteroatoms. The van der Waals surface area contributed by atoms with Gasteiger partial charge in [-0.15, -0.1) is 0 Å². The molecule has 4 rings (SSSR count). The molecular formula is C40H57N9O7. The van der Waals surface area contributed by atoms with Crippen molar-refractivity contribution >= 4 is 41.2 Å². The number of carbonyl (C=O) groups excluding carboxylic acids is 7. The number of hydrogen-bond donors (Lipinski definition) is 6. The molecule has 2 heterocycles. The molecule has 0 radical (unpaired) electrons. The minimum Gasteiger partial charge on any atom is -0.349 e. The lowest BCUT2D eigenvalue weighted by Crippen LogP contribution is -2.61. The zero-order chi connectivity index (χ0) is 41.0.